The molecule has 0 aliphatic heterocycles. The number of hydrogen-bond donors (Lipinski definition) is 2. The number of nitrogen functional groups attached to an aromatic ring is 1. The third-order valence-electron chi connectivity index (χ3n) is 2.77. The number of ether oxygens (including phenoxy) is 1. The second kappa shape index (κ2) is 7.84. The largest absolute Gasteiger partial charge is 0.477 e. The maximum atomic E-state index is 5.65. The molecule has 1 atom stereocenters. The molecule has 5 nitrogen and oxygen atoms in total. The Morgan fingerprint density at radius 2 is 2.29 bits per heavy atom. The van der Waals surface area contributed by atoms with Crippen molar-refractivity contribution in [3.8, 4) is 5.88 Å². The molecule has 0 bridgehead atoms. The fourth-order valence-corrected chi connectivity index (χ4v) is 1.59. The minimum atomic E-state index is 0.379. The van der Waals surface area contributed by atoms with Crippen molar-refractivity contribution in [2.45, 2.75) is 39.5 Å². The number of nitrogens with zero attached hydrogens (tertiary/aromatic N) is 2. The fourth-order valence-electron chi connectivity index (χ4n) is 1.59. The molecule has 0 saturated carbocycles. The summed E-state index contributed by atoms with van der Waals surface area (Å²) in [4.78, 5) is 8.04. The molecule has 0 fully saturated rings. The molecule has 96 valence electrons. The molecule has 1 unspecified atom stereocenters. The lowest BCUT2D eigenvalue weighted by molar-refractivity contribution is 0.226. The average Bonchev–Trinajstić information content (AvgIpc) is 2.39. The maximum Gasteiger partial charge on any atom is 0.240 e. The lowest BCUT2D eigenvalue weighted by Crippen LogP contribution is -2.14. The smallest absolute Gasteiger partial charge is 0.240 e. The molecule has 17 heavy (non-hydrogen) atoms. The van der Waals surface area contributed by atoms with Crippen LogP contribution in [-0.2, 0) is 0 Å². The Hall–Kier alpha value is -1.36. The van der Waals surface area contributed by atoms with Gasteiger partial charge in [-0.25, -0.2) is 10.8 Å². The molecular formula is C12H22N4O. The molecule has 0 aromatic carbocycles. The van der Waals surface area contributed by atoms with Crippen LogP contribution < -0.4 is 16.0 Å². The standard InChI is InChI=1S/C12H22N4O/c1-3-5-6-10(4-2)9-17-11-7-8-14-12(15-11)16-13/h7-8,10H,3-6,9,13H2,1-2H3,(H,14,15,16). The minimum absolute atomic E-state index is 0.379. The van der Waals surface area contributed by atoms with Crippen LogP contribution in [0.4, 0.5) is 5.95 Å². The number of rotatable bonds is 8. The van der Waals surface area contributed by atoms with Gasteiger partial charge in [0, 0.05) is 12.3 Å². The fraction of sp³-hybridized carbons (Fsp3) is 0.667. The summed E-state index contributed by atoms with van der Waals surface area (Å²) >= 11 is 0. The lowest BCUT2D eigenvalue weighted by Gasteiger charge is -2.15. The summed E-state index contributed by atoms with van der Waals surface area (Å²) in [7, 11) is 0. The van der Waals surface area contributed by atoms with Gasteiger partial charge in [0.25, 0.3) is 0 Å². The number of hydrazine groups is 1. The van der Waals surface area contributed by atoms with E-state index in [0.717, 1.165) is 6.42 Å². The highest BCUT2D eigenvalue weighted by atomic mass is 16.5. The minimum Gasteiger partial charge on any atom is -0.477 e. The van der Waals surface area contributed by atoms with Crippen LogP contribution in [0.15, 0.2) is 12.3 Å². The van der Waals surface area contributed by atoms with Crippen LogP contribution >= 0.6 is 0 Å². The van der Waals surface area contributed by atoms with E-state index < -0.39 is 0 Å². The van der Waals surface area contributed by atoms with E-state index in [0.29, 0.717) is 24.4 Å². The zero-order valence-electron chi connectivity index (χ0n) is 10.6. The highest BCUT2D eigenvalue weighted by Gasteiger charge is 2.07. The van der Waals surface area contributed by atoms with E-state index in [1.807, 2.05) is 0 Å². The highest BCUT2D eigenvalue weighted by molar-refractivity contribution is 5.25. The van der Waals surface area contributed by atoms with Gasteiger partial charge in [0.1, 0.15) is 0 Å². The Kier molecular flexibility index (Phi) is 6.32. The SMILES string of the molecule is CCCCC(CC)COc1ccnc(NN)n1. The summed E-state index contributed by atoms with van der Waals surface area (Å²) in [6.07, 6.45) is 6.45. The summed E-state index contributed by atoms with van der Waals surface area (Å²) in [5.41, 5.74) is 2.40. The van der Waals surface area contributed by atoms with Gasteiger partial charge >= 0.3 is 0 Å². The van der Waals surface area contributed by atoms with Crippen LogP contribution in [0.2, 0.25) is 0 Å². The van der Waals surface area contributed by atoms with E-state index in [1.165, 1.54) is 19.3 Å². The first-order valence-corrected chi connectivity index (χ1v) is 6.22. The summed E-state index contributed by atoms with van der Waals surface area (Å²) in [6.45, 7) is 5.10. The van der Waals surface area contributed by atoms with Crippen molar-refractivity contribution in [1.29, 1.82) is 0 Å². The lowest BCUT2D eigenvalue weighted by atomic mass is 10.0. The molecule has 1 rings (SSSR count). The Morgan fingerprint density at radius 1 is 1.47 bits per heavy atom. The third kappa shape index (κ3) is 4.99. The van der Waals surface area contributed by atoms with Crippen molar-refractivity contribution >= 4 is 5.95 Å². The topological polar surface area (TPSA) is 73.1 Å². The summed E-state index contributed by atoms with van der Waals surface area (Å²) < 4.78 is 5.65. The molecule has 0 saturated heterocycles. The van der Waals surface area contributed by atoms with Crippen molar-refractivity contribution in [3.63, 3.8) is 0 Å². The van der Waals surface area contributed by atoms with E-state index in [4.69, 9.17) is 10.6 Å². The average molecular weight is 238 g/mol. The summed E-state index contributed by atoms with van der Waals surface area (Å²) in [5, 5.41) is 0. The molecule has 1 aromatic rings. The monoisotopic (exact) mass is 238 g/mol. The molecule has 0 amide bonds. The predicted molar refractivity (Wildman–Crippen MR) is 68.6 cm³/mol. The molecule has 3 N–H and O–H groups in total. The number of nitrogens with one attached hydrogen (secondary N) is 1. The van der Waals surface area contributed by atoms with E-state index in [-0.39, 0.29) is 0 Å². The van der Waals surface area contributed by atoms with Crippen molar-refractivity contribution in [2.75, 3.05) is 12.0 Å². The molecular weight excluding hydrogens is 216 g/mol. The second-order valence-corrected chi connectivity index (χ2v) is 4.09. The zero-order valence-corrected chi connectivity index (χ0v) is 10.6. The zero-order chi connectivity index (χ0) is 12.5. The van der Waals surface area contributed by atoms with Gasteiger partial charge in [-0.05, 0) is 12.3 Å². The number of hydrogen-bond acceptors (Lipinski definition) is 5. The van der Waals surface area contributed by atoms with Crippen LogP contribution in [0, 0.1) is 5.92 Å². The van der Waals surface area contributed by atoms with E-state index >= 15 is 0 Å². The van der Waals surface area contributed by atoms with Crippen molar-refractivity contribution < 1.29 is 4.74 Å². The Labute approximate surface area is 103 Å². The van der Waals surface area contributed by atoms with Gasteiger partial charge < -0.3 is 4.74 Å². The Morgan fingerprint density at radius 3 is 2.94 bits per heavy atom. The van der Waals surface area contributed by atoms with Crippen LogP contribution in [0.5, 0.6) is 5.88 Å². The van der Waals surface area contributed by atoms with E-state index in [2.05, 4.69) is 29.2 Å². The first-order valence-electron chi connectivity index (χ1n) is 6.22. The Bertz CT molecular complexity index is 319. The van der Waals surface area contributed by atoms with Crippen LogP contribution in [0.3, 0.4) is 0 Å². The number of anilines is 1. The molecule has 1 aromatic heterocycles. The van der Waals surface area contributed by atoms with E-state index in [1.54, 1.807) is 12.3 Å². The first-order chi connectivity index (χ1) is 8.30. The van der Waals surface area contributed by atoms with Crippen molar-refractivity contribution in [3.05, 3.63) is 12.3 Å². The molecule has 0 spiro atoms. The van der Waals surface area contributed by atoms with Crippen LogP contribution in [0.1, 0.15) is 39.5 Å². The van der Waals surface area contributed by atoms with Crippen LogP contribution in [0.25, 0.3) is 0 Å². The van der Waals surface area contributed by atoms with Crippen molar-refractivity contribution in [1.82, 2.24) is 9.97 Å². The van der Waals surface area contributed by atoms with Gasteiger partial charge in [-0.1, -0.05) is 33.1 Å². The predicted octanol–water partition coefficient (Wildman–Crippen LogP) is 2.36. The third-order valence-corrected chi connectivity index (χ3v) is 2.77. The van der Waals surface area contributed by atoms with Gasteiger partial charge in [0.15, 0.2) is 0 Å². The molecule has 0 aliphatic rings. The van der Waals surface area contributed by atoms with Gasteiger partial charge in [-0.3, -0.25) is 5.43 Å². The van der Waals surface area contributed by atoms with Gasteiger partial charge in [0.05, 0.1) is 6.61 Å². The van der Waals surface area contributed by atoms with Crippen molar-refractivity contribution in [2.24, 2.45) is 11.8 Å². The molecule has 1 heterocycles. The van der Waals surface area contributed by atoms with Gasteiger partial charge in [0.2, 0.25) is 11.8 Å². The molecule has 0 radical (unpaired) electrons. The van der Waals surface area contributed by atoms with Gasteiger partial charge in [-0.15, -0.1) is 0 Å². The normalized spacial score (nSPS) is 12.2. The molecule has 0 aliphatic carbocycles. The number of aromatic nitrogens is 2. The second-order valence-electron chi connectivity index (χ2n) is 4.09. The first kappa shape index (κ1) is 13.7. The number of unbranched alkanes of at least 4 members (excludes halogenated alkanes) is 1. The quantitative estimate of drug-likeness (QED) is 0.537. The van der Waals surface area contributed by atoms with E-state index in [9.17, 15) is 0 Å². The maximum absolute atomic E-state index is 5.65. The highest BCUT2D eigenvalue weighted by Crippen LogP contribution is 2.15. The molecule has 5 heteroatoms. The number of nitrogens with two attached hydrogens (primary N) is 1. The van der Waals surface area contributed by atoms with Crippen LogP contribution in [-0.4, -0.2) is 16.6 Å². The summed E-state index contributed by atoms with van der Waals surface area (Å²) in [6, 6.07) is 1.74. The van der Waals surface area contributed by atoms with Gasteiger partial charge in [-0.2, -0.15) is 4.98 Å². The summed E-state index contributed by atoms with van der Waals surface area (Å²) in [5.74, 6) is 6.78. The Balaban J connectivity index is 2.41.